The Labute approximate surface area is 171 Å². The number of hydrogen-bond donors (Lipinski definition) is 0. The summed E-state index contributed by atoms with van der Waals surface area (Å²) in [6.07, 6.45) is 2.51. The number of halogens is 1. The number of aromatic nitrogens is 2. The average molecular weight is 397 g/mol. The molecule has 0 unspecified atom stereocenters. The van der Waals surface area contributed by atoms with Crippen LogP contribution in [0.15, 0.2) is 36.4 Å². The molecule has 7 heteroatoms. The minimum atomic E-state index is -0.321. The Morgan fingerprint density at radius 3 is 2.10 bits per heavy atom. The van der Waals surface area contributed by atoms with E-state index in [9.17, 15) is 9.18 Å². The second-order valence-corrected chi connectivity index (χ2v) is 8.06. The maximum absolute atomic E-state index is 13.8. The molecular weight excluding hydrogens is 369 g/mol. The summed E-state index contributed by atoms with van der Waals surface area (Å²) in [5, 5.41) is 8.86. The van der Waals surface area contributed by atoms with Crippen LogP contribution in [0.1, 0.15) is 25.3 Å². The van der Waals surface area contributed by atoms with Gasteiger partial charge in [-0.15, -0.1) is 10.2 Å². The van der Waals surface area contributed by atoms with E-state index in [-0.39, 0.29) is 18.1 Å². The fourth-order valence-electron chi connectivity index (χ4n) is 3.99. The number of nitrogens with zero attached hydrogens (tertiary/aromatic N) is 5. The lowest BCUT2D eigenvalue weighted by Gasteiger charge is -2.35. The van der Waals surface area contributed by atoms with E-state index in [1.54, 1.807) is 23.1 Å². The lowest BCUT2D eigenvalue weighted by atomic mass is 9.99. The van der Waals surface area contributed by atoms with Gasteiger partial charge >= 0.3 is 0 Å². The van der Waals surface area contributed by atoms with Crippen LogP contribution < -0.4 is 9.80 Å². The summed E-state index contributed by atoms with van der Waals surface area (Å²) in [6.45, 7) is 7.01. The summed E-state index contributed by atoms with van der Waals surface area (Å²) in [5.41, 5.74) is 0.452. The quantitative estimate of drug-likeness (QED) is 0.794. The molecule has 2 aromatic rings. The fourth-order valence-corrected chi connectivity index (χ4v) is 3.99. The number of carbonyl (C=O) groups is 1. The number of piperidine rings is 1. The van der Waals surface area contributed by atoms with Crippen molar-refractivity contribution in [3.05, 3.63) is 47.8 Å². The zero-order chi connectivity index (χ0) is 20.2. The Morgan fingerprint density at radius 2 is 1.52 bits per heavy atom. The van der Waals surface area contributed by atoms with Crippen LogP contribution in [0.2, 0.25) is 0 Å². The van der Waals surface area contributed by atoms with Crippen LogP contribution in [0.3, 0.4) is 0 Å². The van der Waals surface area contributed by atoms with E-state index < -0.39 is 0 Å². The molecule has 6 nitrogen and oxygen atoms in total. The Bertz CT molecular complexity index is 827. The number of benzene rings is 1. The maximum Gasteiger partial charge on any atom is 0.227 e. The first kappa shape index (κ1) is 19.6. The molecule has 0 N–H and O–H groups in total. The number of hydrogen-bond acceptors (Lipinski definition) is 5. The summed E-state index contributed by atoms with van der Waals surface area (Å²) in [6, 6.07) is 10.5. The summed E-state index contributed by atoms with van der Waals surface area (Å²) < 4.78 is 13.8. The second kappa shape index (κ2) is 8.76. The summed E-state index contributed by atoms with van der Waals surface area (Å²) in [5.74, 6) is 2.23. The van der Waals surface area contributed by atoms with Gasteiger partial charge in [0, 0.05) is 39.3 Å². The first-order chi connectivity index (χ1) is 14.1. The van der Waals surface area contributed by atoms with Crippen molar-refractivity contribution in [2.75, 3.05) is 49.1 Å². The van der Waals surface area contributed by atoms with Crippen molar-refractivity contribution in [3.63, 3.8) is 0 Å². The largest absolute Gasteiger partial charge is 0.355 e. The van der Waals surface area contributed by atoms with Crippen molar-refractivity contribution in [2.24, 2.45) is 5.92 Å². The fraction of sp³-hybridized carbons (Fsp3) is 0.500. The zero-order valence-corrected chi connectivity index (χ0v) is 16.9. The molecule has 2 aliphatic rings. The van der Waals surface area contributed by atoms with Crippen molar-refractivity contribution in [1.82, 2.24) is 15.1 Å². The first-order valence-electron chi connectivity index (χ1n) is 10.4. The number of carbonyl (C=O) groups excluding carboxylic acids is 1. The number of amides is 1. The molecule has 0 saturated carbocycles. The topological polar surface area (TPSA) is 52.6 Å². The highest BCUT2D eigenvalue weighted by molar-refractivity contribution is 5.79. The lowest BCUT2D eigenvalue weighted by molar-refractivity contribution is -0.130. The van der Waals surface area contributed by atoms with Gasteiger partial charge in [-0.2, -0.15) is 0 Å². The van der Waals surface area contributed by atoms with Crippen LogP contribution in [-0.4, -0.2) is 60.3 Å². The molecule has 29 heavy (non-hydrogen) atoms. The highest BCUT2D eigenvalue weighted by Crippen LogP contribution is 2.22. The Hall–Kier alpha value is -2.70. The standard InChI is InChI=1S/C22H28FN5O/c1-17-8-10-26(11-9-17)20-6-7-21(25-24-20)27-12-14-28(15-13-27)22(29)16-18-4-2-3-5-19(18)23/h2-7,17H,8-16H2,1H3. The van der Waals surface area contributed by atoms with E-state index >= 15 is 0 Å². The van der Waals surface area contributed by atoms with Crippen LogP contribution in [0.5, 0.6) is 0 Å². The lowest BCUT2D eigenvalue weighted by Crippen LogP contribution is -2.49. The second-order valence-electron chi connectivity index (χ2n) is 8.06. The zero-order valence-electron chi connectivity index (χ0n) is 16.9. The van der Waals surface area contributed by atoms with Crippen LogP contribution in [0.25, 0.3) is 0 Å². The summed E-state index contributed by atoms with van der Waals surface area (Å²) in [4.78, 5) is 18.8. The molecule has 0 aliphatic carbocycles. The van der Waals surface area contributed by atoms with Crippen molar-refractivity contribution < 1.29 is 9.18 Å². The molecule has 0 radical (unpaired) electrons. The van der Waals surface area contributed by atoms with Crippen LogP contribution in [-0.2, 0) is 11.2 Å². The van der Waals surface area contributed by atoms with Crippen LogP contribution in [0.4, 0.5) is 16.0 Å². The summed E-state index contributed by atoms with van der Waals surface area (Å²) in [7, 11) is 0. The molecule has 2 aliphatic heterocycles. The first-order valence-corrected chi connectivity index (χ1v) is 10.4. The van der Waals surface area contributed by atoms with E-state index in [1.807, 2.05) is 12.1 Å². The minimum absolute atomic E-state index is 0.0319. The molecule has 0 spiro atoms. The molecular formula is C22H28FN5O. The van der Waals surface area contributed by atoms with Gasteiger partial charge in [-0.25, -0.2) is 4.39 Å². The van der Waals surface area contributed by atoms with Crippen molar-refractivity contribution in [2.45, 2.75) is 26.2 Å². The number of rotatable bonds is 4. The minimum Gasteiger partial charge on any atom is -0.355 e. The predicted molar refractivity (Wildman–Crippen MR) is 112 cm³/mol. The normalized spacial score (nSPS) is 18.2. The molecule has 2 saturated heterocycles. The summed E-state index contributed by atoms with van der Waals surface area (Å²) >= 11 is 0. The average Bonchev–Trinajstić information content (AvgIpc) is 2.76. The van der Waals surface area contributed by atoms with Gasteiger partial charge in [-0.05, 0) is 42.5 Å². The van der Waals surface area contributed by atoms with Gasteiger partial charge in [0.25, 0.3) is 0 Å². The highest BCUT2D eigenvalue weighted by Gasteiger charge is 2.23. The third-order valence-electron chi connectivity index (χ3n) is 6.00. The van der Waals surface area contributed by atoms with Crippen molar-refractivity contribution in [3.8, 4) is 0 Å². The number of piperazine rings is 1. The Kier molecular flexibility index (Phi) is 5.92. The van der Waals surface area contributed by atoms with E-state index in [0.29, 0.717) is 31.7 Å². The van der Waals surface area contributed by atoms with Gasteiger partial charge in [0.2, 0.25) is 5.91 Å². The smallest absolute Gasteiger partial charge is 0.227 e. The van der Waals surface area contributed by atoms with Crippen molar-refractivity contribution >= 4 is 17.5 Å². The van der Waals surface area contributed by atoms with Crippen molar-refractivity contribution in [1.29, 1.82) is 0 Å². The third-order valence-corrected chi connectivity index (χ3v) is 6.00. The SMILES string of the molecule is CC1CCN(c2ccc(N3CCN(C(=O)Cc4ccccc4F)CC3)nn2)CC1. The van der Waals surface area contributed by atoms with Gasteiger partial charge in [0.15, 0.2) is 11.6 Å². The van der Waals surface area contributed by atoms with Crippen LogP contribution >= 0.6 is 0 Å². The van der Waals surface area contributed by atoms with E-state index in [2.05, 4.69) is 26.9 Å². The van der Waals surface area contributed by atoms with Crippen LogP contribution in [0, 0.1) is 11.7 Å². The van der Waals surface area contributed by atoms with E-state index in [4.69, 9.17) is 0 Å². The van der Waals surface area contributed by atoms with Gasteiger partial charge in [0.05, 0.1) is 6.42 Å². The third kappa shape index (κ3) is 4.66. The monoisotopic (exact) mass is 397 g/mol. The van der Waals surface area contributed by atoms with E-state index in [0.717, 1.165) is 30.6 Å². The molecule has 1 aromatic heterocycles. The van der Waals surface area contributed by atoms with E-state index in [1.165, 1.54) is 18.9 Å². The Morgan fingerprint density at radius 1 is 0.931 bits per heavy atom. The molecule has 1 amide bonds. The molecule has 0 atom stereocenters. The van der Waals surface area contributed by atoms with Gasteiger partial charge in [0.1, 0.15) is 5.82 Å². The van der Waals surface area contributed by atoms with Gasteiger partial charge in [-0.1, -0.05) is 25.1 Å². The molecule has 154 valence electrons. The molecule has 3 heterocycles. The predicted octanol–water partition coefficient (Wildman–Crippen LogP) is 2.74. The van der Waals surface area contributed by atoms with Gasteiger partial charge < -0.3 is 14.7 Å². The molecule has 0 bridgehead atoms. The maximum atomic E-state index is 13.8. The molecule has 1 aromatic carbocycles. The van der Waals surface area contributed by atoms with Gasteiger partial charge in [-0.3, -0.25) is 4.79 Å². The highest BCUT2D eigenvalue weighted by atomic mass is 19.1. The Balaban J connectivity index is 1.30. The molecule has 2 fully saturated rings. The number of anilines is 2. The molecule has 4 rings (SSSR count).